The van der Waals surface area contributed by atoms with Crippen LogP contribution >= 0.6 is 22.7 Å². The zero-order chi connectivity index (χ0) is 30.2. The summed E-state index contributed by atoms with van der Waals surface area (Å²) in [4.78, 5) is 5.71. The predicted molar refractivity (Wildman–Crippen MR) is 161 cm³/mol. The molecule has 0 N–H and O–H groups in total. The van der Waals surface area contributed by atoms with Crippen molar-refractivity contribution in [2.24, 2.45) is 4.99 Å². The highest BCUT2D eigenvalue weighted by Crippen LogP contribution is 2.43. The van der Waals surface area contributed by atoms with Gasteiger partial charge in [-0.1, -0.05) is 13.8 Å². The van der Waals surface area contributed by atoms with Gasteiger partial charge < -0.3 is 14.0 Å². The Bertz CT molecular complexity index is 1850. The molecule has 0 saturated carbocycles. The molecule has 4 heterocycles. The first-order chi connectivity index (χ1) is 20.2. The van der Waals surface area contributed by atoms with Crippen LogP contribution in [-0.4, -0.2) is 32.3 Å². The van der Waals surface area contributed by atoms with Crippen LogP contribution < -0.4 is 19.4 Å². The number of halogens is 5. The van der Waals surface area contributed by atoms with Crippen molar-refractivity contribution in [3.63, 3.8) is 0 Å². The van der Waals surface area contributed by atoms with Crippen molar-refractivity contribution in [3.8, 4) is 32.4 Å². The number of thiophene rings is 2. The first-order valence-electron chi connectivity index (χ1n) is 12.9. The summed E-state index contributed by atoms with van der Waals surface area (Å²) in [5.41, 5.74) is -0.572. The number of hydrogen-bond donors (Lipinski definition) is 0. The fourth-order valence-electron chi connectivity index (χ4n) is 4.63. The number of rotatable bonds is 6. The third-order valence-electron chi connectivity index (χ3n) is 6.52. The van der Waals surface area contributed by atoms with Crippen molar-refractivity contribution in [3.05, 3.63) is 88.0 Å². The van der Waals surface area contributed by atoms with Gasteiger partial charge in [0.25, 0.3) is 0 Å². The van der Waals surface area contributed by atoms with Crippen molar-refractivity contribution in [2.45, 2.75) is 20.0 Å². The Balaban J connectivity index is 0.00000173. The van der Waals surface area contributed by atoms with Crippen molar-refractivity contribution >= 4 is 51.9 Å². The normalized spacial score (nSPS) is 13.5. The molecule has 1 aliphatic heterocycles. The van der Waals surface area contributed by atoms with Crippen LogP contribution in [0.1, 0.15) is 19.5 Å². The van der Waals surface area contributed by atoms with E-state index in [9.17, 15) is 21.8 Å². The summed E-state index contributed by atoms with van der Waals surface area (Å²) in [6, 6.07) is 18.6. The molecule has 2 aromatic carbocycles. The molecular formula is C30H24BF5N2O2S2. The number of hydrogen-bond acceptors (Lipinski definition) is 5. The van der Waals surface area contributed by atoms with Crippen LogP contribution in [0.5, 0.6) is 11.5 Å². The van der Waals surface area contributed by atoms with Crippen LogP contribution in [0.2, 0.25) is 0 Å². The van der Waals surface area contributed by atoms with E-state index >= 15 is 0 Å². The molecule has 0 unspecified atom stereocenters. The lowest BCUT2D eigenvalue weighted by Gasteiger charge is -2.15. The van der Waals surface area contributed by atoms with Gasteiger partial charge in [-0.3, -0.25) is 8.63 Å². The SMILES string of the molecule is CC.COc1ccc(-c2cc3c(s2)=C/C(=C(/c2cc4sc(-c5ccc(OC)cc5)cc4n2B(F)F)C(F)(F)F)N=3)cc1. The molecule has 0 radical (unpaired) electrons. The summed E-state index contributed by atoms with van der Waals surface area (Å²) >= 11 is 2.43. The molecular weight excluding hydrogens is 590 g/mol. The van der Waals surface area contributed by atoms with E-state index in [1.165, 1.54) is 36.7 Å². The fourth-order valence-corrected chi connectivity index (χ4v) is 6.77. The minimum atomic E-state index is -4.92. The lowest BCUT2D eigenvalue weighted by atomic mass is 10.1. The molecule has 4 nitrogen and oxygen atoms in total. The van der Waals surface area contributed by atoms with E-state index in [1.807, 2.05) is 26.0 Å². The van der Waals surface area contributed by atoms with E-state index in [2.05, 4.69) is 4.99 Å². The zero-order valence-electron chi connectivity index (χ0n) is 22.9. The van der Waals surface area contributed by atoms with Crippen molar-refractivity contribution in [1.29, 1.82) is 0 Å². The van der Waals surface area contributed by atoms with Gasteiger partial charge in [0.1, 0.15) is 17.1 Å². The van der Waals surface area contributed by atoms with E-state index in [4.69, 9.17) is 9.47 Å². The summed E-state index contributed by atoms with van der Waals surface area (Å²) in [5.74, 6) is 1.31. The Labute approximate surface area is 246 Å². The largest absolute Gasteiger partial charge is 0.678 e. The summed E-state index contributed by atoms with van der Waals surface area (Å²) in [6.07, 6.45) is -3.61. The number of benzene rings is 2. The second kappa shape index (κ2) is 11.8. The van der Waals surface area contributed by atoms with Crippen LogP contribution in [-0.2, 0) is 0 Å². The smallest absolute Gasteiger partial charge is 0.497 e. The second-order valence-corrected chi connectivity index (χ2v) is 11.0. The minimum absolute atomic E-state index is 0.0257. The maximum atomic E-state index is 14.5. The van der Waals surface area contributed by atoms with Crippen LogP contribution in [0.3, 0.4) is 0 Å². The van der Waals surface area contributed by atoms with Gasteiger partial charge in [0.2, 0.25) is 0 Å². The van der Waals surface area contributed by atoms with Gasteiger partial charge in [0.15, 0.2) is 0 Å². The Kier molecular flexibility index (Phi) is 8.29. The van der Waals surface area contributed by atoms with Gasteiger partial charge in [-0.2, -0.15) is 13.2 Å². The molecule has 0 fully saturated rings. The molecule has 0 amide bonds. The van der Waals surface area contributed by atoms with Crippen molar-refractivity contribution in [1.82, 2.24) is 4.48 Å². The average molecular weight is 614 g/mol. The molecule has 0 aliphatic carbocycles. The first kappa shape index (κ1) is 29.6. The molecule has 216 valence electrons. The quantitative estimate of drug-likeness (QED) is 0.143. The molecule has 12 heteroatoms. The zero-order valence-corrected chi connectivity index (χ0v) is 24.6. The van der Waals surface area contributed by atoms with Crippen LogP contribution in [0, 0.1) is 0 Å². The van der Waals surface area contributed by atoms with Gasteiger partial charge in [-0.05, 0) is 83.9 Å². The van der Waals surface area contributed by atoms with Gasteiger partial charge in [0.05, 0.1) is 40.0 Å². The number of aromatic nitrogens is 1. The number of nitrogens with zero attached hydrogens (tertiary/aromatic N) is 2. The molecule has 5 aromatic rings. The molecule has 42 heavy (non-hydrogen) atoms. The molecule has 1 aliphatic rings. The van der Waals surface area contributed by atoms with E-state index in [0.717, 1.165) is 27.3 Å². The lowest BCUT2D eigenvalue weighted by Crippen LogP contribution is -2.21. The van der Waals surface area contributed by atoms with E-state index in [0.29, 0.717) is 35.4 Å². The molecule has 0 spiro atoms. The van der Waals surface area contributed by atoms with Gasteiger partial charge >= 0.3 is 13.6 Å². The van der Waals surface area contributed by atoms with E-state index in [1.54, 1.807) is 49.6 Å². The van der Waals surface area contributed by atoms with Crippen LogP contribution in [0.15, 0.2) is 77.4 Å². The maximum Gasteiger partial charge on any atom is 0.678 e. The number of allylic oxidation sites excluding steroid dienone is 2. The number of methoxy groups -OCH3 is 2. The third kappa shape index (κ3) is 5.48. The summed E-state index contributed by atoms with van der Waals surface area (Å²) in [6.45, 7) is 4.00. The number of ether oxygens (including phenoxy) is 2. The predicted octanol–water partition coefficient (Wildman–Crippen LogP) is 8.30. The lowest BCUT2D eigenvalue weighted by molar-refractivity contribution is -0.0695. The summed E-state index contributed by atoms with van der Waals surface area (Å²) < 4.78 is 83.7. The highest BCUT2D eigenvalue weighted by atomic mass is 32.1. The van der Waals surface area contributed by atoms with Gasteiger partial charge in [-0.25, -0.2) is 4.99 Å². The van der Waals surface area contributed by atoms with Crippen molar-refractivity contribution < 1.29 is 31.3 Å². The highest BCUT2D eigenvalue weighted by Gasteiger charge is 2.42. The minimum Gasteiger partial charge on any atom is -0.497 e. The topological polar surface area (TPSA) is 35.8 Å². The second-order valence-electron chi connectivity index (χ2n) is 8.87. The molecule has 0 bridgehead atoms. The number of alkyl halides is 3. The van der Waals surface area contributed by atoms with E-state index < -0.39 is 30.5 Å². The Morgan fingerprint density at radius 1 is 0.810 bits per heavy atom. The maximum absolute atomic E-state index is 14.5. The Hall–Kier alpha value is -3.90. The van der Waals surface area contributed by atoms with Gasteiger partial charge in [-0.15, -0.1) is 22.7 Å². The monoisotopic (exact) mass is 614 g/mol. The summed E-state index contributed by atoms with van der Waals surface area (Å²) in [5, 5.41) is 0.367. The number of fused-ring (bicyclic) bond motifs is 2. The summed E-state index contributed by atoms with van der Waals surface area (Å²) in [7, 11) is -0.106. The van der Waals surface area contributed by atoms with E-state index in [-0.39, 0.29) is 5.52 Å². The Morgan fingerprint density at radius 3 is 1.83 bits per heavy atom. The average Bonchev–Trinajstić information content (AvgIpc) is 3.73. The van der Waals surface area contributed by atoms with Crippen molar-refractivity contribution in [2.75, 3.05) is 14.2 Å². The molecule has 0 saturated heterocycles. The van der Waals surface area contributed by atoms with Gasteiger partial charge in [0, 0.05) is 15.4 Å². The standard InChI is InChI=1S/C28H18BF5N2O2S2.C2H6/c1-37-17-7-3-15(4-8-17)23-11-19-25(39-23)12-20(35-19)27(28(30,31)32)22-14-26-21(36(22)29(33)34)13-24(40-26)16-5-9-18(38-2)10-6-16;1-2/h3-14H,1-2H3;1-2H3/b27-20+;. The first-order valence-corrected chi connectivity index (χ1v) is 14.5. The van der Waals surface area contributed by atoms with Crippen LogP contribution in [0.4, 0.5) is 21.8 Å². The fraction of sp³-hybridized carbons (Fsp3) is 0.167. The Morgan fingerprint density at radius 2 is 1.36 bits per heavy atom. The third-order valence-corrected chi connectivity index (χ3v) is 8.76. The molecule has 6 rings (SSSR count). The molecule has 0 atom stereocenters. The highest BCUT2D eigenvalue weighted by molar-refractivity contribution is 7.22. The molecule has 3 aromatic heterocycles. The van der Waals surface area contributed by atoms with Crippen LogP contribution in [0.25, 0.3) is 42.7 Å².